The zero-order valence-corrected chi connectivity index (χ0v) is 12.2. The van der Waals surface area contributed by atoms with Crippen molar-refractivity contribution in [3.05, 3.63) is 0 Å². The molecule has 6 heteroatoms. The first-order valence-electron chi connectivity index (χ1n) is 7.39. The first-order chi connectivity index (χ1) is 9.65. The summed E-state index contributed by atoms with van der Waals surface area (Å²) in [6, 6.07) is 0. The van der Waals surface area contributed by atoms with E-state index in [2.05, 4.69) is 21.4 Å². The van der Waals surface area contributed by atoms with Crippen LogP contribution < -0.4 is 5.32 Å². The summed E-state index contributed by atoms with van der Waals surface area (Å²) in [6.07, 6.45) is 4.51. The maximum atomic E-state index is 11.9. The van der Waals surface area contributed by atoms with Gasteiger partial charge in [0.15, 0.2) is 0 Å². The van der Waals surface area contributed by atoms with Gasteiger partial charge in [-0.1, -0.05) is 0 Å². The van der Waals surface area contributed by atoms with Crippen LogP contribution in [-0.4, -0.2) is 73.6 Å². The van der Waals surface area contributed by atoms with Crippen LogP contribution in [-0.2, 0) is 9.59 Å². The number of piperazine rings is 1. The Bertz CT molecular complexity index is 375. The lowest BCUT2D eigenvalue weighted by molar-refractivity contribution is -0.134. The average Bonchev–Trinajstić information content (AvgIpc) is 2.46. The maximum Gasteiger partial charge on any atom is 0.242 e. The Kier molecular flexibility index (Phi) is 5.52. The van der Waals surface area contributed by atoms with Gasteiger partial charge in [-0.15, -0.1) is 0 Å². The molecular weight excluding hydrogens is 256 g/mol. The van der Waals surface area contributed by atoms with Crippen molar-refractivity contribution in [3.8, 4) is 0 Å². The second kappa shape index (κ2) is 7.38. The fourth-order valence-corrected chi connectivity index (χ4v) is 2.70. The third-order valence-electron chi connectivity index (χ3n) is 3.88. The largest absolute Gasteiger partial charge is 0.347 e. The molecule has 0 aromatic rings. The summed E-state index contributed by atoms with van der Waals surface area (Å²) in [4.78, 5) is 31.3. The monoisotopic (exact) mass is 280 g/mol. The molecule has 2 aliphatic rings. The second-order valence-corrected chi connectivity index (χ2v) is 5.55. The fourth-order valence-electron chi connectivity index (χ4n) is 2.70. The quantitative estimate of drug-likeness (QED) is 0.772. The molecule has 0 bridgehead atoms. The summed E-state index contributed by atoms with van der Waals surface area (Å²) < 4.78 is 0. The van der Waals surface area contributed by atoms with Gasteiger partial charge in [0.25, 0.3) is 0 Å². The molecule has 2 amide bonds. The molecule has 1 saturated heterocycles. The maximum absolute atomic E-state index is 11.9. The van der Waals surface area contributed by atoms with Crippen molar-refractivity contribution < 1.29 is 9.59 Å². The van der Waals surface area contributed by atoms with E-state index in [0.717, 1.165) is 39.3 Å². The lowest BCUT2D eigenvalue weighted by Crippen LogP contribution is -2.52. The summed E-state index contributed by atoms with van der Waals surface area (Å²) in [6.45, 7) is 6.90. The van der Waals surface area contributed by atoms with E-state index in [9.17, 15) is 9.59 Å². The summed E-state index contributed by atoms with van der Waals surface area (Å²) in [5, 5.41) is 2.56. The van der Waals surface area contributed by atoms with Crippen LogP contribution in [0.2, 0.25) is 0 Å². The van der Waals surface area contributed by atoms with Crippen molar-refractivity contribution in [3.63, 3.8) is 0 Å². The van der Waals surface area contributed by atoms with E-state index < -0.39 is 0 Å². The van der Waals surface area contributed by atoms with Crippen molar-refractivity contribution in [1.29, 1.82) is 0 Å². The predicted molar refractivity (Wildman–Crippen MR) is 77.8 cm³/mol. The zero-order valence-electron chi connectivity index (χ0n) is 12.2. The normalized spacial score (nSPS) is 23.6. The molecule has 2 heterocycles. The summed E-state index contributed by atoms with van der Waals surface area (Å²) in [5.74, 6) is 0.429. The van der Waals surface area contributed by atoms with E-state index in [1.165, 1.54) is 19.8 Å². The standard InChI is InChI=1S/C14H24N4O2/c1-12(19)16-10-14(20)18-7-5-17(6-8-18)11-13-3-2-4-15-9-13/h9,13H,2-8,10-11H2,1H3,(H,16,19). The van der Waals surface area contributed by atoms with Crippen LogP contribution in [0.5, 0.6) is 0 Å². The van der Waals surface area contributed by atoms with Gasteiger partial charge in [0.05, 0.1) is 6.54 Å². The number of aliphatic imine (C=N–C) groups is 1. The molecule has 0 saturated carbocycles. The van der Waals surface area contributed by atoms with Crippen molar-refractivity contribution in [2.45, 2.75) is 19.8 Å². The lowest BCUT2D eigenvalue weighted by atomic mass is 10.0. The average molecular weight is 280 g/mol. The Balaban J connectivity index is 1.69. The Labute approximate surface area is 120 Å². The minimum atomic E-state index is -0.159. The minimum Gasteiger partial charge on any atom is -0.347 e. The third-order valence-corrected chi connectivity index (χ3v) is 3.88. The molecule has 0 aromatic carbocycles. The third kappa shape index (κ3) is 4.59. The van der Waals surface area contributed by atoms with Crippen LogP contribution in [0.1, 0.15) is 19.8 Å². The molecule has 1 fully saturated rings. The van der Waals surface area contributed by atoms with Crippen LogP contribution in [0.25, 0.3) is 0 Å². The molecule has 0 spiro atoms. The highest BCUT2D eigenvalue weighted by Gasteiger charge is 2.22. The molecule has 2 rings (SSSR count). The Morgan fingerprint density at radius 1 is 1.30 bits per heavy atom. The van der Waals surface area contributed by atoms with Crippen LogP contribution in [0, 0.1) is 5.92 Å². The first-order valence-corrected chi connectivity index (χ1v) is 7.39. The van der Waals surface area contributed by atoms with Crippen molar-refractivity contribution in [2.75, 3.05) is 45.8 Å². The smallest absolute Gasteiger partial charge is 0.242 e. The number of hydrogen-bond donors (Lipinski definition) is 1. The fraction of sp³-hybridized carbons (Fsp3) is 0.786. The summed E-state index contributed by atoms with van der Waals surface area (Å²) in [5.41, 5.74) is 0. The van der Waals surface area contributed by atoms with E-state index in [1.54, 1.807) is 0 Å². The van der Waals surface area contributed by atoms with Gasteiger partial charge < -0.3 is 10.2 Å². The van der Waals surface area contributed by atoms with Crippen LogP contribution >= 0.6 is 0 Å². The molecule has 20 heavy (non-hydrogen) atoms. The van der Waals surface area contributed by atoms with Crippen LogP contribution in [0.15, 0.2) is 4.99 Å². The number of carbonyl (C=O) groups excluding carboxylic acids is 2. The van der Waals surface area contributed by atoms with Gasteiger partial charge in [-0.2, -0.15) is 0 Å². The number of hydrogen-bond acceptors (Lipinski definition) is 4. The number of nitrogens with zero attached hydrogens (tertiary/aromatic N) is 3. The Morgan fingerprint density at radius 2 is 2.05 bits per heavy atom. The SMILES string of the molecule is CC(=O)NCC(=O)N1CCN(CC2C=NCCC2)CC1. The van der Waals surface area contributed by atoms with E-state index in [-0.39, 0.29) is 18.4 Å². The predicted octanol–water partition coefficient (Wildman–Crippen LogP) is -0.252. The zero-order chi connectivity index (χ0) is 14.4. The molecule has 1 atom stereocenters. The lowest BCUT2D eigenvalue weighted by Gasteiger charge is -2.36. The second-order valence-electron chi connectivity index (χ2n) is 5.55. The Morgan fingerprint density at radius 3 is 2.65 bits per heavy atom. The molecule has 2 aliphatic heterocycles. The highest BCUT2D eigenvalue weighted by atomic mass is 16.2. The Hall–Kier alpha value is -1.43. The van der Waals surface area contributed by atoms with E-state index in [4.69, 9.17) is 0 Å². The van der Waals surface area contributed by atoms with Crippen molar-refractivity contribution >= 4 is 18.0 Å². The van der Waals surface area contributed by atoms with Crippen molar-refractivity contribution in [1.82, 2.24) is 15.1 Å². The highest BCUT2D eigenvalue weighted by molar-refractivity contribution is 5.83. The van der Waals surface area contributed by atoms with Gasteiger partial charge in [-0.3, -0.25) is 19.5 Å². The molecule has 0 radical (unpaired) electrons. The molecular formula is C14H24N4O2. The highest BCUT2D eigenvalue weighted by Crippen LogP contribution is 2.13. The van der Waals surface area contributed by atoms with Gasteiger partial charge in [-0.25, -0.2) is 0 Å². The van der Waals surface area contributed by atoms with Crippen LogP contribution in [0.4, 0.5) is 0 Å². The molecule has 1 unspecified atom stereocenters. The number of rotatable bonds is 4. The minimum absolute atomic E-state index is 0.0130. The van der Waals surface area contributed by atoms with Gasteiger partial charge in [-0.05, 0) is 12.8 Å². The van der Waals surface area contributed by atoms with E-state index in [0.29, 0.717) is 5.92 Å². The number of carbonyl (C=O) groups is 2. The molecule has 0 aromatic heterocycles. The van der Waals surface area contributed by atoms with Crippen molar-refractivity contribution in [2.24, 2.45) is 10.9 Å². The van der Waals surface area contributed by atoms with Gasteiger partial charge in [0.1, 0.15) is 0 Å². The van der Waals surface area contributed by atoms with Gasteiger partial charge >= 0.3 is 0 Å². The van der Waals surface area contributed by atoms with Gasteiger partial charge in [0, 0.05) is 58.3 Å². The van der Waals surface area contributed by atoms with E-state index in [1.807, 2.05) is 4.90 Å². The molecule has 112 valence electrons. The molecule has 6 nitrogen and oxygen atoms in total. The molecule has 0 aliphatic carbocycles. The summed E-state index contributed by atoms with van der Waals surface area (Å²) in [7, 11) is 0. The first kappa shape index (κ1) is 15.0. The van der Waals surface area contributed by atoms with Crippen LogP contribution in [0.3, 0.4) is 0 Å². The van der Waals surface area contributed by atoms with E-state index >= 15 is 0 Å². The number of amides is 2. The van der Waals surface area contributed by atoms with Gasteiger partial charge in [0.2, 0.25) is 11.8 Å². The molecule has 1 N–H and O–H groups in total. The topological polar surface area (TPSA) is 65.0 Å². The number of nitrogens with one attached hydrogen (secondary N) is 1. The summed E-state index contributed by atoms with van der Waals surface area (Å²) >= 11 is 0.